The summed E-state index contributed by atoms with van der Waals surface area (Å²) in [5.74, 6) is 0.851. The monoisotopic (exact) mass is 193 g/mol. The van der Waals surface area contributed by atoms with Crippen LogP contribution in [0.5, 0.6) is 0 Å². The number of nitrogens with one attached hydrogen (secondary N) is 1. The Morgan fingerprint density at radius 1 is 1.57 bits per heavy atom. The normalized spacial score (nSPS) is 26.2. The van der Waals surface area contributed by atoms with Crippen LogP contribution in [0.15, 0.2) is 6.07 Å². The average molecular weight is 193 g/mol. The van der Waals surface area contributed by atoms with E-state index in [1.54, 1.807) is 0 Å². The van der Waals surface area contributed by atoms with E-state index in [1.807, 2.05) is 18.7 Å². The van der Waals surface area contributed by atoms with E-state index < -0.39 is 0 Å². The molecule has 1 aromatic heterocycles. The zero-order chi connectivity index (χ0) is 10.1. The van der Waals surface area contributed by atoms with Gasteiger partial charge in [-0.15, -0.1) is 0 Å². The first-order chi connectivity index (χ1) is 6.66. The van der Waals surface area contributed by atoms with Crippen molar-refractivity contribution in [2.75, 3.05) is 0 Å². The van der Waals surface area contributed by atoms with Crippen LogP contribution in [0, 0.1) is 12.8 Å². The van der Waals surface area contributed by atoms with Crippen molar-refractivity contribution in [2.24, 2.45) is 13.0 Å². The smallest absolute Gasteiger partial charge is 0.0597 e. The molecule has 1 aliphatic carbocycles. The molecule has 14 heavy (non-hydrogen) atoms. The van der Waals surface area contributed by atoms with Crippen LogP contribution in [-0.4, -0.2) is 15.8 Å². The number of rotatable bonds is 3. The molecule has 2 rings (SSSR count). The van der Waals surface area contributed by atoms with E-state index in [0.29, 0.717) is 0 Å². The predicted octanol–water partition coefficient (Wildman–Crippen LogP) is 1.62. The third-order valence-corrected chi connectivity index (χ3v) is 3.26. The second-order valence-electron chi connectivity index (χ2n) is 4.44. The Morgan fingerprint density at radius 3 is 2.79 bits per heavy atom. The number of aromatic nitrogens is 2. The van der Waals surface area contributed by atoms with Crippen molar-refractivity contribution in [3.63, 3.8) is 0 Å². The van der Waals surface area contributed by atoms with Gasteiger partial charge in [-0.2, -0.15) is 5.10 Å². The standard InChI is InChI=1S/C11H19N3/c1-8-4-5-11(8)12-7-10-6-9(2)13-14(10)3/h6,8,11-12H,4-5,7H2,1-3H3. The minimum atomic E-state index is 0.727. The SMILES string of the molecule is Cc1cc(CNC2CCC2C)n(C)n1. The molecule has 0 amide bonds. The zero-order valence-corrected chi connectivity index (χ0v) is 9.25. The van der Waals surface area contributed by atoms with Crippen LogP contribution in [0.25, 0.3) is 0 Å². The molecule has 1 saturated carbocycles. The van der Waals surface area contributed by atoms with Crippen LogP contribution in [0.3, 0.4) is 0 Å². The molecule has 0 bridgehead atoms. The van der Waals surface area contributed by atoms with E-state index in [9.17, 15) is 0 Å². The van der Waals surface area contributed by atoms with Gasteiger partial charge < -0.3 is 5.32 Å². The van der Waals surface area contributed by atoms with Crippen molar-refractivity contribution in [2.45, 2.75) is 39.3 Å². The molecule has 3 heteroatoms. The van der Waals surface area contributed by atoms with Crippen LogP contribution in [0.1, 0.15) is 31.2 Å². The van der Waals surface area contributed by atoms with Crippen molar-refractivity contribution in [1.29, 1.82) is 0 Å². The Kier molecular flexibility index (Phi) is 2.59. The van der Waals surface area contributed by atoms with Gasteiger partial charge in [0, 0.05) is 19.6 Å². The average Bonchev–Trinajstić information content (AvgIpc) is 2.43. The first-order valence-corrected chi connectivity index (χ1v) is 5.39. The minimum Gasteiger partial charge on any atom is -0.308 e. The van der Waals surface area contributed by atoms with E-state index in [1.165, 1.54) is 18.5 Å². The zero-order valence-electron chi connectivity index (χ0n) is 9.25. The van der Waals surface area contributed by atoms with Crippen molar-refractivity contribution >= 4 is 0 Å². The molecule has 0 aromatic carbocycles. The highest BCUT2D eigenvalue weighted by Crippen LogP contribution is 2.26. The van der Waals surface area contributed by atoms with Gasteiger partial charge in [0.2, 0.25) is 0 Å². The summed E-state index contributed by atoms with van der Waals surface area (Å²) in [4.78, 5) is 0. The Morgan fingerprint density at radius 2 is 2.36 bits per heavy atom. The summed E-state index contributed by atoms with van der Waals surface area (Å²) in [7, 11) is 2.01. The number of nitrogens with zero attached hydrogens (tertiary/aromatic N) is 2. The van der Waals surface area contributed by atoms with Crippen LogP contribution >= 0.6 is 0 Å². The molecular formula is C11H19N3. The molecule has 1 N–H and O–H groups in total. The number of aryl methyl sites for hydroxylation is 2. The Bertz CT molecular complexity index is 316. The molecule has 3 nitrogen and oxygen atoms in total. The lowest BCUT2D eigenvalue weighted by molar-refractivity contribution is 0.227. The summed E-state index contributed by atoms with van der Waals surface area (Å²) in [6.07, 6.45) is 2.71. The van der Waals surface area contributed by atoms with Crippen LogP contribution in [-0.2, 0) is 13.6 Å². The fourth-order valence-electron chi connectivity index (χ4n) is 2.04. The lowest BCUT2D eigenvalue weighted by Gasteiger charge is -2.34. The quantitative estimate of drug-likeness (QED) is 0.790. The van der Waals surface area contributed by atoms with Gasteiger partial charge in [-0.25, -0.2) is 0 Å². The number of hydrogen-bond acceptors (Lipinski definition) is 2. The molecule has 1 aliphatic rings. The van der Waals surface area contributed by atoms with Crippen molar-refractivity contribution in [3.8, 4) is 0 Å². The Balaban J connectivity index is 1.88. The first kappa shape index (κ1) is 9.71. The van der Waals surface area contributed by atoms with Crippen LogP contribution in [0.2, 0.25) is 0 Å². The molecule has 1 heterocycles. The topological polar surface area (TPSA) is 29.9 Å². The lowest BCUT2D eigenvalue weighted by Crippen LogP contribution is -2.42. The highest BCUT2D eigenvalue weighted by molar-refractivity contribution is 5.08. The fraction of sp³-hybridized carbons (Fsp3) is 0.727. The van der Waals surface area contributed by atoms with Gasteiger partial charge in [-0.05, 0) is 31.7 Å². The maximum absolute atomic E-state index is 4.33. The Hall–Kier alpha value is -0.830. The summed E-state index contributed by atoms with van der Waals surface area (Å²) < 4.78 is 1.96. The van der Waals surface area contributed by atoms with E-state index in [4.69, 9.17) is 0 Å². The minimum absolute atomic E-state index is 0.727. The summed E-state index contributed by atoms with van der Waals surface area (Å²) in [5.41, 5.74) is 2.38. The van der Waals surface area contributed by atoms with E-state index >= 15 is 0 Å². The van der Waals surface area contributed by atoms with Crippen molar-refractivity contribution in [3.05, 3.63) is 17.5 Å². The van der Waals surface area contributed by atoms with Crippen LogP contribution in [0.4, 0.5) is 0 Å². The first-order valence-electron chi connectivity index (χ1n) is 5.39. The van der Waals surface area contributed by atoms with Crippen molar-refractivity contribution < 1.29 is 0 Å². The maximum atomic E-state index is 4.33. The van der Waals surface area contributed by atoms with Gasteiger partial charge in [0.25, 0.3) is 0 Å². The molecule has 2 unspecified atom stereocenters. The third-order valence-electron chi connectivity index (χ3n) is 3.26. The molecule has 0 saturated heterocycles. The van der Waals surface area contributed by atoms with Gasteiger partial charge in [0.15, 0.2) is 0 Å². The summed E-state index contributed by atoms with van der Waals surface area (Å²) in [5, 5.41) is 7.91. The van der Waals surface area contributed by atoms with Gasteiger partial charge in [0.05, 0.1) is 11.4 Å². The van der Waals surface area contributed by atoms with Gasteiger partial charge in [-0.1, -0.05) is 6.92 Å². The molecule has 1 aromatic rings. The molecule has 78 valence electrons. The fourth-order valence-corrected chi connectivity index (χ4v) is 2.04. The highest BCUT2D eigenvalue weighted by atomic mass is 15.3. The predicted molar refractivity (Wildman–Crippen MR) is 57.0 cm³/mol. The number of hydrogen-bond donors (Lipinski definition) is 1. The third kappa shape index (κ3) is 1.82. The van der Waals surface area contributed by atoms with E-state index in [2.05, 4.69) is 23.4 Å². The Labute approximate surface area is 85.5 Å². The summed E-state index contributed by atoms with van der Waals surface area (Å²) in [6.45, 7) is 5.30. The van der Waals surface area contributed by atoms with Gasteiger partial charge >= 0.3 is 0 Å². The van der Waals surface area contributed by atoms with Gasteiger partial charge in [0.1, 0.15) is 0 Å². The van der Waals surface area contributed by atoms with E-state index in [0.717, 1.165) is 24.2 Å². The maximum Gasteiger partial charge on any atom is 0.0597 e. The molecular weight excluding hydrogens is 174 g/mol. The molecule has 2 atom stereocenters. The summed E-state index contributed by atoms with van der Waals surface area (Å²) >= 11 is 0. The highest BCUT2D eigenvalue weighted by Gasteiger charge is 2.25. The second kappa shape index (κ2) is 3.73. The second-order valence-corrected chi connectivity index (χ2v) is 4.44. The molecule has 0 aliphatic heterocycles. The lowest BCUT2D eigenvalue weighted by atomic mass is 9.81. The van der Waals surface area contributed by atoms with Crippen LogP contribution < -0.4 is 5.32 Å². The molecule has 1 fully saturated rings. The van der Waals surface area contributed by atoms with E-state index in [-0.39, 0.29) is 0 Å². The molecule has 0 radical (unpaired) electrons. The largest absolute Gasteiger partial charge is 0.308 e. The van der Waals surface area contributed by atoms with Gasteiger partial charge in [-0.3, -0.25) is 4.68 Å². The molecule has 0 spiro atoms. The van der Waals surface area contributed by atoms with Crippen molar-refractivity contribution in [1.82, 2.24) is 15.1 Å². The summed E-state index contributed by atoms with van der Waals surface area (Å²) in [6, 6.07) is 2.88.